The zero-order valence-electron chi connectivity index (χ0n) is 8.81. The molecular weight excluding hydrogens is 204 g/mol. The van der Waals surface area contributed by atoms with E-state index in [-0.39, 0.29) is 12.5 Å². The zero-order valence-corrected chi connectivity index (χ0v) is 9.63. The van der Waals surface area contributed by atoms with Gasteiger partial charge < -0.3 is 5.11 Å². The Bertz CT molecular complexity index is 233. The van der Waals surface area contributed by atoms with Crippen LogP contribution in [0.2, 0.25) is 0 Å². The van der Waals surface area contributed by atoms with Gasteiger partial charge in [-0.1, -0.05) is 13.8 Å². The first kappa shape index (κ1) is 13.9. The van der Waals surface area contributed by atoms with Gasteiger partial charge >= 0.3 is 0 Å². The highest BCUT2D eigenvalue weighted by atomic mass is 32.2. The fraction of sp³-hybridized carbons (Fsp3) is 1.00. The smallest absolute Gasteiger partial charge is 0.267 e. The van der Waals surface area contributed by atoms with Crippen LogP contribution in [0.5, 0.6) is 0 Å². The standard InChI is InChI=1S/C9H20O4S/c1-8(2)7-9(14(11,12)13)5-3-4-6-10/h8-10H,3-7H2,1-2H3,(H,11,12,13). The SMILES string of the molecule is CC(C)CC(CCCCO)S(=O)(=O)O. The highest BCUT2D eigenvalue weighted by Gasteiger charge is 2.23. The third-order valence-corrected chi connectivity index (χ3v) is 3.36. The molecule has 0 aromatic rings. The van der Waals surface area contributed by atoms with E-state index < -0.39 is 15.4 Å². The van der Waals surface area contributed by atoms with Crippen LogP contribution in [-0.2, 0) is 10.1 Å². The van der Waals surface area contributed by atoms with Crippen LogP contribution in [0.25, 0.3) is 0 Å². The lowest BCUT2D eigenvalue weighted by molar-refractivity contribution is 0.281. The van der Waals surface area contributed by atoms with Crippen molar-refractivity contribution in [1.82, 2.24) is 0 Å². The molecular formula is C9H20O4S. The molecule has 86 valence electrons. The molecule has 1 unspecified atom stereocenters. The van der Waals surface area contributed by atoms with Crippen LogP contribution in [0, 0.1) is 5.92 Å². The maximum atomic E-state index is 11.0. The number of aliphatic hydroxyl groups is 1. The van der Waals surface area contributed by atoms with Crippen molar-refractivity contribution >= 4 is 10.1 Å². The van der Waals surface area contributed by atoms with E-state index in [2.05, 4.69) is 0 Å². The van der Waals surface area contributed by atoms with Gasteiger partial charge in [0.2, 0.25) is 0 Å². The molecule has 0 heterocycles. The monoisotopic (exact) mass is 224 g/mol. The van der Waals surface area contributed by atoms with Crippen molar-refractivity contribution in [2.45, 2.75) is 44.8 Å². The van der Waals surface area contributed by atoms with Gasteiger partial charge in [-0.15, -0.1) is 0 Å². The molecule has 1 atom stereocenters. The number of aliphatic hydroxyl groups excluding tert-OH is 1. The van der Waals surface area contributed by atoms with Crippen molar-refractivity contribution in [3.05, 3.63) is 0 Å². The summed E-state index contributed by atoms with van der Waals surface area (Å²) in [6.45, 7) is 3.91. The molecule has 4 nitrogen and oxygen atoms in total. The van der Waals surface area contributed by atoms with E-state index in [0.717, 1.165) is 0 Å². The maximum Gasteiger partial charge on any atom is 0.267 e. The van der Waals surface area contributed by atoms with E-state index in [1.54, 1.807) is 0 Å². The summed E-state index contributed by atoms with van der Waals surface area (Å²) in [6.07, 6.45) is 2.12. The second-order valence-electron chi connectivity index (χ2n) is 3.99. The quantitative estimate of drug-likeness (QED) is 0.507. The molecule has 0 aromatic heterocycles. The highest BCUT2D eigenvalue weighted by molar-refractivity contribution is 7.86. The van der Waals surface area contributed by atoms with Gasteiger partial charge in [0.15, 0.2) is 0 Å². The van der Waals surface area contributed by atoms with Crippen molar-refractivity contribution < 1.29 is 18.1 Å². The van der Waals surface area contributed by atoms with Crippen LogP contribution < -0.4 is 0 Å². The summed E-state index contributed by atoms with van der Waals surface area (Å²) in [5.74, 6) is 0.246. The summed E-state index contributed by atoms with van der Waals surface area (Å²) in [4.78, 5) is 0. The molecule has 0 aromatic carbocycles. The molecule has 0 aliphatic heterocycles. The Hall–Kier alpha value is -0.130. The predicted octanol–water partition coefficient (Wildman–Crippen LogP) is 1.45. The second-order valence-corrected chi connectivity index (χ2v) is 5.68. The average molecular weight is 224 g/mol. The van der Waals surface area contributed by atoms with Crippen LogP contribution in [0.4, 0.5) is 0 Å². The minimum absolute atomic E-state index is 0.0693. The largest absolute Gasteiger partial charge is 0.396 e. The number of rotatable bonds is 7. The first-order chi connectivity index (χ1) is 6.38. The van der Waals surface area contributed by atoms with Crippen LogP contribution in [0.15, 0.2) is 0 Å². The topological polar surface area (TPSA) is 74.6 Å². The predicted molar refractivity (Wildman–Crippen MR) is 55.7 cm³/mol. The Morgan fingerprint density at radius 1 is 1.21 bits per heavy atom. The first-order valence-corrected chi connectivity index (χ1v) is 6.45. The summed E-state index contributed by atoms with van der Waals surface area (Å²) in [5.41, 5.74) is 0. The van der Waals surface area contributed by atoms with Gasteiger partial charge in [0.05, 0.1) is 5.25 Å². The summed E-state index contributed by atoms with van der Waals surface area (Å²) >= 11 is 0. The summed E-state index contributed by atoms with van der Waals surface area (Å²) in [5, 5.41) is 7.88. The molecule has 0 radical (unpaired) electrons. The Balaban J connectivity index is 4.13. The molecule has 0 saturated carbocycles. The fourth-order valence-corrected chi connectivity index (χ4v) is 2.49. The number of hydrogen-bond donors (Lipinski definition) is 2. The second kappa shape index (κ2) is 6.37. The molecule has 14 heavy (non-hydrogen) atoms. The minimum Gasteiger partial charge on any atom is -0.396 e. The maximum absolute atomic E-state index is 11.0. The summed E-state index contributed by atoms with van der Waals surface area (Å²) < 4.78 is 30.8. The van der Waals surface area contributed by atoms with Crippen molar-refractivity contribution in [3.63, 3.8) is 0 Å². The molecule has 0 aliphatic carbocycles. The Kier molecular flexibility index (Phi) is 6.31. The van der Waals surface area contributed by atoms with E-state index in [4.69, 9.17) is 9.66 Å². The van der Waals surface area contributed by atoms with Gasteiger partial charge in [0, 0.05) is 6.61 Å². The van der Waals surface area contributed by atoms with Gasteiger partial charge in [0.25, 0.3) is 10.1 Å². The molecule has 0 fully saturated rings. The lowest BCUT2D eigenvalue weighted by atomic mass is 10.0. The third kappa shape index (κ3) is 6.34. The lowest BCUT2D eigenvalue weighted by Gasteiger charge is -2.15. The fourth-order valence-electron chi connectivity index (χ4n) is 1.40. The van der Waals surface area contributed by atoms with Crippen molar-refractivity contribution in [3.8, 4) is 0 Å². The van der Waals surface area contributed by atoms with E-state index in [1.165, 1.54) is 0 Å². The summed E-state index contributed by atoms with van der Waals surface area (Å²) in [6, 6.07) is 0. The lowest BCUT2D eigenvalue weighted by Crippen LogP contribution is -2.22. The summed E-state index contributed by atoms with van der Waals surface area (Å²) in [7, 11) is -3.92. The average Bonchev–Trinajstić information content (AvgIpc) is 2.00. The molecule has 0 saturated heterocycles. The van der Waals surface area contributed by atoms with Crippen molar-refractivity contribution in [1.29, 1.82) is 0 Å². The van der Waals surface area contributed by atoms with Gasteiger partial charge in [0.1, 0.15) is 0 Å². The zero-order chi connectivity index (χ0) is 11.2. The highest BCUT2D eigenvalue weighted by Crippen LogP contribution is 2.17. The van der Waals surface area contributed by atoms with Crippen LogP contribution in [0.1, 0.15) is 39.5 Å². The van der Waals surface area contributed by atoms with Gasteiger partial charge in [-0.05, 0) is 31.6 Å². The molecule has 2 N–H and O–H groups in total. The van der Waals surface area contributed by atoms with E-state index in [0.29, 0.717) is 25.7 Å². The molecule has 5 heteroatoms. The number of hydrogen-bond acceptors (Lipinski definition) is 3. The Labute approximate surface area is 86.1 Å². The van der Waals surface area contributed by atoms with Crippen LogP contribution in [0.3, 0.4) is 0 Å². The third-order valence-electron chi connectivity index (χ3n) is 2.09. The molecule has 0 aliphatic rings. The van der Waals surface area contributed by atoms with E-state index >= 15 is 0 Å². The van der Waals surface area contributed by atoms with Crippen molar-refractivity contribution in [2.75, 3.05) is 6.61 Å². The van der Waals surface area contributed by atoms with Gasteiger partial charge in [-0.2, -0.15) is 8.42 Å². The first-order valence-electron chi connectivity index (χ1n) is 4.95. The normalized spacial score (nSPS) is 14.6. The molecule has 0 spiro atoms. The van der Waals surface area contributed by atoms with Gasteiger partial charge in [-0.3, -0.25) is 4.55 Å². The van der Waals surface area contributed by atoms with Gasteiger partial charge in [-0.25, -0.2) is 0 Å². The minimum atomic E-state index is -3.92. The van der Waals surface area contributed by atoms with E-state index in [9.17, 15) is 8.42 Å². The van der Waals surface area contributed by atoms with E-state index in [1.807, 2.05) is 13.8 Å². The van der Waals surface area contributed by atoms with Crippen LogP contribution in [-0.4, -0.2) is 29.9 Å². The molecule has 0 amide bonds. The van der Waals surface area contributed by atoms with Crippen molar-refractivity contribution in [2.24, 2.45) is 5.92 Å². The Morgan fingerprint density at radius 3 is 2.14 bits per heavy atom. The Morgan fingerprint density at radius 2 is 1.79 bits per heavy atom. The number of unbranched alkanes of at least 4 members (excludes halogenated alkanes) is 1. The molecule has 0 rings (SSSR count). The molecule has 0 bridgehead atoms. The van der Waals surface area contributed by atoms with Crippen LogP contribution >= 0.6 is 0 Å².